The molecule has 150 valence electrons. The van der Waals surface area contributed by atoms with Gasteiger partial charge in [0.05, 0.1) is 11.3 Å². The minimum Gasteiger partial charge on any atom is -0.459 e. The molecule has 2 rings (SSSR count). The fraction of sp³-hybridized carbons (Fsp3) is 0.278. The van der Waals surface area contributed by atoms with Gasteiger partial charge in [-0.15, -0.1) is 0 Å². The van der Waals surface area contributed by atoms with Crippen molar-refractivity contribution in [2.75, 3.05) is 12.0 Å². The van der Waals surface area contributed by atoms with Crippen LogP contribution in [-0.2, 0) is 26.0 Å². The molecule has 1 heterocycles. The van der Waals surface area contributed by atoms with Crippen molar-refractivity contribution in [2.45, 2.75) is 19.1 Å². The van der Waals surface area contributed by atoms with Gasteiger partial charge in [0, 0.05) is 22.5 Å². The molecule has 0 bridgehead atoms. The quantitative estimate of drug-likeness (QED) is 0.452. The molecule has 1 aromatic heterocycles. The van der Waals surface area contributed by atoms with E-state index in [1.165, 1.54) is 6.20 Å². The number of hydrogen-bond acceptors (Lipinski definition) is 6. The van der Waals surface area contributed by atoms with E-state index in [2.05, 4.69) is 26.2 Å². The van der Waals surface area contributed by atoms with Crippen molar-refractivity contribution in [3.05, 3.63) is 63.3 Å². The Hall–Kier alpha value is -1.97. The monoisotopic (exact) mass is 488 g/mol. The third-order valence-electron chi connectivity index (χ3n) is 3.66. The first-order chi connectivity index (χ1) is 13.2. The second kappa shape index (κ2) is 9.99. The smallest absolute Gasteiger partial charge is 0.329 e. The number of halogens is 2. The maximum Gasteiger partial charge on any atom is 0.329 e. The molecule has 1 N–H and O–H groups in total. The molecule has 0 aliphatic rings. The fourth-order valence-corrected chi connectivity index (χ4v) is 3.45. The maximum atomic E-state index is 12.5. The molecule has 0 radical (unpaired) electrons. The van der Waals surface area contributed by atoms with Crippen LogP contribution in [0.2, 0.25) is 5.15 Å². The Morgan fingerprint density at radius 3 is 2.57 bits per heavy atom. The summed E-state index contributed by atoms with van der Waals surface area (Å²) in [5.74, 6) is -1.53. The van der Waals surface area contributed by atoms with E-state index in [1.54, 1.807) is 36.4 Å². The van der Waals surface area contributed by atoms with Crippen LogP contribution in [0.3, 0.4) is 0 Å². The lowest BCUT2D eigenvalue weighted by Crippen LogP contribution is -2.43. The first kappa shape index (κ1) is 22.3. The summed E-state index contributed by atoms with van der Waals surface area (Å²) in [4.78, 5) is 28.8. The van der Waals surface area contributed by atoms with Crippen molar-refractivity contribution in [3.8, 4) is 0 Å². The number of nitrogens with one attached hydrogen (secondary N) is 1. The Labute approximate surface area is 176 Å². The number of esters is 1. The van der Waals surface area contributed by atoms with Gasteiger partial charge in [0.1, 0.15) is 27.6 Å². The number of pyridine rings is 1. The molecule has 2 aromatic rings. The Bertz CT molecular complexity index is 951. The highest BCUT2D eigenvalue weighted by molar-refractivity contribution is 9.10. The molecular weight excluding hydrogens is 472 g/mol. The Morgan fingerprint density at radius 2 is 1.96 bits per heavy atom. The second-order valence-electron chi connectivity index (χ2n) is 6.02. The van der Waals surface area contributed by atoms with Crippen molar-refractivity contribution >= 4 is 49.2 Å². The summed E-state index contributed by atoms with van der Waals surface area (Å²) in [6, 6.07) is 8.78. The van der Waals surface area contributed by atoms with Crippen LogP contribution in [0.5, 0.6) is 0 Å². The van der Waals surface area contributed by atoms with Gasteiger partial charge < -0.3 is 10.1 Å². The molecule has 7 nitrogen and oxygen atoms in total. The molecule has 1 amide bonds. The Morgan fingerprint density at radius 1 is 1.25 bits per heavy atom. The topological polar surface area (TPSA) is 102 Å². The van der Waals surface area contributed by atoms with Gasteiger partial charge >= 0.3 is 5.97 Å². The minimum atomic E-state index is -3.33. The number of sulfone groups is 1. The van der Waals surface area contributed by atoms with Crippen molar-refractivity contribution in [2.24, 2.45) is 0 Å². The minimum absolute atomic E-state index is 0.0801. The summed E-state index contributed by atoms with van der Waals surface area (Å²) < 4.78 is 28.7. The molecule has 1 aromatic carbocycles. The summed E-state index contributed by atoms with van der Waals surface area (Å²) in [5, 5.41) is 2.85. The lowest BCUT2D eigenvalue weighted by molar-refractivity contribution is -0.147. The van der Waals surface area contributed by atoms with Gasteiger partial charge in [-0.3, -0.25) is 4.79 Å². The summed E-state index contributed by atoms with van der Waals surface area (Å²) in [7, 11) is -3.33. The van der Waals surface area contributed by atoms with Crippen LogP contribution in [0.4, 0.5) is 0 Å². The predicted octanol–water partition coefficient (Wildman–Crippen LogP) is 2.77. The maximum absolute atomic E-state index is 12.5. The van der Waals surface area contributed by atoms with Gasteiger partial charge in [0.2, 0.25) is 0 Å². The van der Waals surface area contributed by atoms with Crippen LogP contribution in [0, 0.1) is 0 Å². The van der Waals surface area contributed by atoms with Crippen molar-refractivity contribution in [3.63, 3.8) is 0 Å². The van der Waals surface area contributed by atoms with E-state index in [0.29, 0.717) is 20.8 Å². The van der Waals surface area contributed by atoms with E-state index in [0.717, 1.165) is 6.26 Å². The van der Waals surface area contributed by atoms with Crippen LogP contribution < -0.4 is 5.32 Å². The molecule has 28 heavy (non-hydrogen) atoms. The number of hydrogen-bond donors (Lipinski definition) is 1. The van der Waals surface area contributed by atoms with E-state index in [1.807, 2.05) is 0 Å². The molecule has 0 spiro atoms. The van der Waals surface area contributed by atoms with E-state index in [9.17, 15) is 18.0 Å². The normalized spacial score (nSPS) is 12.2. The van der Waals surface area contributed by atoms with E-state index < -0.39 is 27.8 Å². The van der Waals surface area contributed by atoms with Crippen LogP contribution in [0.1, 0.15) is 22.3 Å². The van der Waals surface area contributed by atoms with Gasteiger partial charge in [0.25, 0.3) is 5.91 Å². The number of ether oxygens (including phenoxy) is 1. The SMILES string of the molecule is CS(=O)(=O)CCC(NC(=O)c1ccccc1Br)C(=O)OCc1ccc(Cl)nc1. The van der Waals surface area contributed by atoms with Crippen LogP contribution in [0.15, 0.2) is 47.1 Å². The third-order valence-corrected chi connectivity index (χ3v) is 5.55. The van der Waals surface area contributed by atoms with Gasteiger partial charge in [-0.1, -0.05) is 29.8 Å². The standard InChI is InChI=1S/C18H18BrClN2O5S/c1-28(25,26)9-8-15(22-17(23)13-4-2-3-5-14(13)19)18(24)27-11-12-6-7-16(20)21-10-12/h2-7,10,15H,8-9,11H2,1H3,(H,22,23). The second-order valence-corrected chi connectivity index (χ2v) is 9.52. The molecule has 0 aliphatic heterocycles. The number of nitrogens with zero attached hydrogens (tertiary/aromatic N) is 1. The lowest BCUT2D eigenvalue weighted by Gasteiger charge is -2.18. The Kier molecular flexibility index (Phi) is 7.97. The fourth-order valence-electron chi connectivity index (χ4n) is 2.21. The van der Waals surface area contributed by atoms with Gasteiger partial charge in [-0.25, -0.2) is 18.2 Å². The van der Waals surface area contributed by atoms with Gasteiger partial charge in [-0.05, 0) is 40.5 Å². The average molecular weight is 490 g/mol. The number of carbonyl (C=O) groups excluding carboxylic acids is 2. The molecule has 0 saturated carbocycles. The molecular formula is C18H18BrClN2O5S. The molecule has 1 unspecified atom stereocenters. The van der Waals surface area contributed by atoms with E-state index >= 15 is 0 Å². The zero-order chi connectivity index (χ0) is 20.7. The highest BCUT2D eigenvalue weighted by Crippen LogP contribution is 2.16. The molecule has 0 saturated heterocycles. The number of carbonyl (C=O) groups is 2. The van der Waals surface area contributed by atoms with Crippen LogP contribution >= 0.6 is 27.5 Å². The first-order valence-electron chi connectivity index (χ1n) is 8.16. The van der Waals surface area contributed by atoms with Crippen LogP contribution in [-0.4, -0.2) is 43.3 Å². The largest absolute Gasteiger partial charge is 0.459 e. The molecule has 0 aliphatic carbocycles. The summed E-state index contributed by atoms with van der Waals surface area (Å²) >= 11 is 8.98. The number of amides is 1. The third kappa shape index (κ3) is 7.21. The Balaban J connectivity index is 2.08. The van der Waals surface area contributed by atoms with E-state index in [4.69, 9.17) is 16.3 Å². The lowest BCUT2D eigenvalue weighted by atomic mass is 10.1. The van der Waals surface area contributed by atoms with Crippen molar-refractivity contribution < 1.29 is 22.7 Å². The number of rotatable bonds is 8. The first-order valence-corrected chi connectivity index (χ1v) is 11.4. The average Bonchev–Trinajstić information content (AvgIpc) is 2.64. The molecule has 0 fully saturated rings. The molecule has 1 atom stereocenters. The zero-order valence-corrected chi connectivity index (χ0v) is 18.1. The summed E-state index contributed by atoms with van der Waals surface area (Å²) in [6.07, 6.45) is 2.41. The van der Waals surface area contributed by atoms with Gasteiger partial charge in [-0.2, -0.15) is 0 Å². The highest BCUT2D eigenvalue weighted by Gasteiger charge is 2.25. The van der Waals surface area contributed by atoms with E-state index in [-0.39, 0.29) is 18.8 Å². The van der Waals surface area contributed by atoms with Crippen molar-refractivity contribution in [1.82, 2.24) is 10.3 Å². The van der Waals surface area contributed by atoms with Crippen molar-refractivity contribution in [1.29, 1.82) is 0 Å². The summed E-state index contributed by atoms with van der Waals surface area (Å²) in [5.41, 5.74) is 0.929. The zero-order valence-electron chi connectivity index (χ0n) is 14.9. The predicted molar refractivity (Wildman–Crippen MR) is 109 cm³/mol. The number of benzene rings is 1. The van der Waals surface area contributed by atoms with Crippen LogP contribution in [0.25, 0.3) is 0 Å². The summed E-state index contributed by atoms with van der Waals surface area (Å²) in [6.45, 7) is -0.0801. The number of aromatic nitrogens is 1. The highest BCUT2D eigenvalue weighted by atomic mass is 79.9. The molecule has 10 heteroatoms. The van der Waals surface area contributed by atoms with Gasteiger partial charge in [0.15, 0.2) is 0 Å².